The van der Waals surface area contributed by atoms with E-state index in [0.29, 0.717) is 11.4 Å². The van der Waals surface area contributed by atoms with Gasteiger partial charge in [0.15, 0.2) is 0 Å². The summed E-state index contributed by atoms with van der Waals surface area (Å²) in [5, 5.41) is 14.9. The van der Waals surface area contributed by atoms with Crippen molar-refractivity contribution in [1.29, 1.82) is 0 Å². The van der Waals surface area contributed by atoms with Crippen LogP contribution in [0.1, 0.15) is 0 Å². The normalized spacial score (nSPS) is 11.5. The van der Waals surface area contributed by atoms with Crippen LogP contribution in [-0.4, -0.2) is 49.5 Å². The Balaban J connectivity index is 1.71. The van der Waals surface area contributed by atoms with Crippen LogP contribution >= 0.6 is 0 Å². The lowest BCUT2D eigenvalue weighted by atomic mass is 10.3. The van der Waals surface area contributed by atoms with Crippen molar-refractivity contribution in [3.8, 4) is 5.75 Å². The summed E-state index contributed by atoms with van der Waals surface area (Å²) in [6.07, 6.45) is 0.613. The molecule has 134 valence electrons. The number of carbonyl (C=O) groups is 1. The molecule has 2 amide bonds. The summed E-state index contributed by atoms with van der Waals surface area (Å²) in [5.74, 6) is 0.671. The van der Waals surface area contributed by atoms with Crippen LogP contribution < -0.4 is 20.3 Å². The quantitative estimate of drug-likeness (QED) is 0.711. The van der Waals surface area contributed by atoms with Crippen molar-refractivity contribution >= 4 is 17.5 Å². The Kier molecular flexibility index (Phi) is 6.53. The standard InChI is InChI=1S/C17H21FN4O3/c1-22(2)16-7-6-13(9-19-16)21-17(24)20-10-14(23)11-25-15-5-3-4-12(18)8-15/h3-9,14,23H,10-11H2,1-2H3,(H2,20,21,24). The number of aliphatic hydroxyl groups is 1. The number of halogens is 1. The van der Waals surface area contributed by atoms with Gasteiger partial charge in [0.05, 0.1) is 11.9 Å². The average Bonchev–Trinajstić information content (AvgIpc) is 2.58. The summed E-state index contributed by atoms with van der Waals surface area (Å²) >= 11 is 0. The summed E-state index contributed by atoms with van der Waals surface area (Å²) in [7, 11) is 3.74. The Labute approximate surface area is 145 Å². The topological polar surface area (TPSA) is 86.7 Å². The molecular weight excluding hydrogens is 327 g/mol. The second-order valence-corrected chi connectivity index (χ2v) is 5.56. The molecule has 0 radical (unpaired) electrons. The van der Waals surface area contributed by atoms with E-state index in [4.69, 9.17) is 4.74 Å². The summed E-state index contributed by atoms with van der Waals surface area (Å²) in [5.41, 5.74) is 0.536. The number of carbonyl (C=O) groups excluding carboxylic acids is 1. The lowest BCUT2D eigenvalue weighted by Crippen LogP contribution is -2.37. The van der Waals surface area contributed by atoms with Crippen LogP contribution in [0.4, 0.5) is 20.7 Å². The molecule has 0 aliphatic heterocycles. The molecule has 1 heterocycles. The SMILES string of the molecule is CN(C)c1ccc(NC(=O)NCC(O)COc2cccc(F)c2)cn1. The zero-order valence-electron chi connectivity index (χ0n) is 14.1. The summed E-state index contributed by atoms with van der Waals surface area (Å²) in [6, 6.07) is 8.65. The van der Waals surface area contributed by atoms with Crippen LogP contribution in [0.5, 0.6) is 5.75 Å². The highest BCUT2D eigenvalue weighted by molar-refractivity contribution is 5.89. The Bertz CT molecular complexity index is 695. The van der Waals surface area contributed by atoms with E-state index in [1.54, 1.807) is 24.4 Å². The fourth-order valence-electron chi connectivity index (χ4n) is 1.92. The zero-order chi connectivity index (χ0) is 18.2. The Hall–Kier alpha value is -2.87. The Morgan fingerprint density at radius 1 is 1.36 bits per heavy atom. The molecule has 0 bridgehead atoms. The summed E-state index contributed by atoms with van der Waals surface area (Å²) < 4.78 is 18.3. The molecule has 0 aliphatic carbocycles. The average molecular weight is 348 g/mol. The van der Waals surface area contributed by atoms with E-state index in [2.05, 4.69) is 15.6 Å². The third kappa shape index (κ3) is 6.27. The number of aromatic nitrogens is 1. The molecule has 1 aromatic heterocycles. The number of urea groups is 1. The van der Waals surface area contributed by atoms with Crippen molar-refractivity contribution in [2.75, 3.05) is 37.5 Å². The minimum Gasteiger partial charge on any atom is -0.491 e. The molecule has 8 heteroatoms. The molecule has 2 rings (SSSR count). The molecule has 1 aromatic carbocycles. The molecule has 0 aliphatic rings. The first-order valence-corrected chi connectivity index (χ1v) is 7.68. The van der Waals surface area contributed by atoms with Crippen LogP contribution in [0.3, 0.4) is 0 Å². The van der Waals surface area contributed by atoms with E-state index >= 15 is 0 Å². The van der Waals surface area contributed by atoms with Gasteiger partial charge in [-0.3, -0.25) is 0 Å². The van der Waals surface area contributed by atoms with E-state index in [0.717, 1.165) is 5.82 Å². The fraction of sp³-hybridized carbons (Fsp3) is 0.294. The highest BCUT2D eigenvalue weighted by Gasteiger charge is 2.09. The molecule has 2 aromatic rings. The van der Waals surface area contributed by atoms with Crippen molar-refractivity contribution < 1.29 is 19.0 Å². The highest BCUT2D eigenvalue weighted by atomic mass is 19.1. The molecule has 0 saturated heterocycles. The number of ether oxygens (including phenoxy) is 1. The van der Waals surface area contributed by atoms with Gasteiger partial charge in [0.25, 0.3) is 0 Å². The van der Waals surface area contributed by atoms with Crippen LogP contribution in [-0.2, 0) is 0 Å². The molecule has 25 heavy (non-hydrogen) atoms. The maximum absolute atomic E-state index is 13.0. The summed E-state index contributed by atoms with van der Waals surface area (Å²) in [4.78, 5) is 17.8. The molecule has 0 fully saturated rings. The van der Waals surface area contributed by atoms with Gasteiger partial charge in [-0.25, -0.2) is 14.2 Å². The van der Waals surface area contributed by atoms with Gasteiger partial charge in [0, 0.05) is 26.7 Å². The van der Waals surface area contributed by atoms with E-state index in [1.807, 2.05) is 19.0 Å². The van der Waals surface area contributed by atoms with Gasteiger partial charge in [-0.1, -0.05) is 6.07 Å². The molecule has 3 N–H and O–H groups in total. The van der Waals surface area contributed by atoms with Crippen molar-refractivity contribution in [3.63, 3.8) is 0 Å². The largest absolute Gasteiger partial charge is 0.491 e. The fourth-order valence-corrected chi connectivity index (χ4v) is 1.92. The maximum Gasteiger partial charge on any atom is 0.319 e. The lowest BCUT2D eigenvalue weighted by molar-refractivity contribution is 0.108. The first-order valence-electron chi connectivity index (χ1n) is 7.68. The number of aliphatic hydroxyl groups excluding tert-OH is 1. The van der Waals surface area contributed by atoms with Gasteiger partial charge >= 0.3 is 6.03 Å². The van der Waals surface area contributed by atoms with E-state index in [9.17, 15) is 14.3 Å². The zero-order valence-corrected chi connectivity index (χ0v) is 14.1. The molecule has 0 saturated carbocycles. The monoisotopic (exact) mass is 348 g/mol. The first-order chi connectivity index (χ1) is 11.9. The molecular formula is C17H21FN4O3. The van der Waals surface area contributed by atoms with Gasteiger partial charge < -0.3 is 25.4 Å². The molecule has 1 atom stereocenters. The second-order valence-electron chi connectivity index (χ2n) is 5.56. The number of nitrogens with one attached hydrogen (secondary N) is 2. The predicted octanol–water partition coefficient (Wildman–Crippen LogP) is 1.85. The molecule has 1 unspecified atom stereocenters. The number of pyridine rings is 1. The predicted molar refractivity (Wildman–Crippen MR) is 93.5 cm³/mol. The van der Waals surface area contributed by atoms with Gasteiger partial charge in [0.2, 0.25) is 0 Å². The highest BCUT2D eigenvalue weighted by Crippen LogP contribution is 2.12. The van der Waals surface area contributed by atoms with Crippen LogP contribution in [0.15, 0.2) is 42.6 Å². The van der Waals surface area contributed by atoms with Gasteiger partial charge in [-0.05, 0) is 24.3 Å². The van der Waals surface area contributed by atoms with Crippen LogP contribution in [0.25, 0.3) is 0 Å². The number of anilines is 2. The number of hydrogen-bond acceptors (Lipinski definition) is 5. The second kappa shape index (κ2) is 8.84. The minimum atomic E-state index is -0.928. The molecule has 0 spiro atoms. The van der Waals surface area contributed by atoms with Gasteiger partial charge in [0.1, 0.15) is 30.1 Å². The van der Waals surface area contributed by atoms with Crippen molar-refractivity contribution in [1.82, 2.24) is 10.3 Å². The third-order valence-electron chi connectivity index (χ3n) is 3.20. The maximum atomic E-state index is 13.0. The van der Waals surface area contributed by atoms with Crippen molar-refractivity contribution in [2.24, 2.45) is 0 Å². The van der Waals surface area contributed by atoms with E-state index < -0.39 is 18.0 Å². The third-order valence-corrected chi connectivity index (χ3v) is 3.20. The van der Waals surface area contributed by atoms with Crippen molar-refractivity contribution in [3.05, 3.63) is 48.4 Å². The number of benzene rings is 1. The van der Waals surface area contributed by atoms with Crippen LogP contribution in [0.2, 0.25) is 0 Å². The summed E-state index contributed by atoms with van der Waals surface area (Å²) in [6.45, 7) is -0.0762. The van der Waals surface area contributed by atoms with Gasteiger partial charge in [-0.2, -0.15) is 0 Å². The Morgan fingerprint density at radius 3 is 2.80 bits per heavy atom. The number of nitrogens with zero attached hydrogens (tertiary/aromatic N) is 2. The number of amides is 2. The lowest BCUT2D eigenvalue weighted by Gasteiger charge is -2.14. The van der Waals surface area contributed by atoms with Gasteiger partial charge in [-0.15, -0.1) is 0 Å². The smallest absolute Gasteiger partial charge is 0.319 e. The number of hydrogen-bond donors (Lipinski definition) is 3. The first kappa shape index (κ1) is 18.5. The molecule has 7 nitrogen and oxygen atoms in total. The van der Waals surface area contributed by atoms with E-state index in [-0.39, 0.29) is 13.2 Å². The van der Waals surface area contributed by atoms with E-state index in [1.165, 1.54) is 18.2 Å². The Morgan fingerprint density at radius 2 is 2.16 bits per heavy atom. The van der Waals surface area contributed by atoms with Crippen LogP contribution in [0, 0.1) is 5.82 Å². The minimum absolute atomic E-state index is 0.00956. The van der Waals surface area contributed by atoms with Crippen molar-refractivity contribution in [2.45, 2.75) is 6.10 Å². The number of rotatable bonds is 7.